The van der Waals surface area contributed by atoms with Crippen LogP contribution in [0.2, 0.25) is 0 Å². The minimum absolute atomic E-state index is 0.404. The molecule has 2 aliphatic rings. The maximum Gasteiger partial charge on any atom is 0.185 e. The Morgan fingerprint density at radius 2 is 1.93 bits per heavy atom. The van der Waals surface area contributed by atoms with E-state index < -0.39 is 0 Å². The molecular formula is C19H22N6OS. The minimum atomic E-state index is 0.404. The van der Waals surface area contributed by atoms with Crippen LogP contribution in [-0.2, 0) is 11.3 Å². The second-order valence-corrected chi connectivity index (χ2v) is 8.10. The molecule has 0 aliphatic carbocycles. The van der Waals surface area contributed by atoms with Gasteiger partial charge in [-0.15, -0.1) is 16.4 Å². The third kappa shape index (κ3) is 3.60. The summed E-state index contributed by atoms with van der Waals surface area (Å²) in [5.41, 5.74) is 2.05. The Morgan fingerprint density at radius 1 is 1.11 bits per heavy atom. The van der Waals surface area contributed by atoms with Crippen molar-refractivity contribution in [2.75, 3.05) is 44.3 Å². The second-order valence-electron chi connectivity index (χ2n) is 7.01. The van der Waals surface area contributed by atoms with Gasteiger partial charge in [-0.1, -0.05) is 35.5 Å². The molecule has 0 amide bonds. The van der Waals surface area contributed by atoms with Crippen molar-refractivity contribution in [3.63, 3.8) is 0 Å². The summed E-state index contributed by atoms with van der Waals surface area (Å²) in [4.78, 5) is 10.7. The van der Waals surface area contributed by atoms with E-state index in [1.165, 1.54) is 4.88 Å². The largest absolute Gasteiger partial charge is 0.378 e. The number of ether oxygens (including phenoxy) is 1. The smallest absolute Gasteiger partial charge is 0.185 e. The van der Waals surface area contributed by atoms with Crippen molar-refractivity contribution >= 4 is 16.5 Å². The maximum absolute atomic E-state index is 5.42. The summed E-state index contributed by atoms with van der Waals surface area (Å²) in [7, 11) is 0. The molecule has 0 N–H and O–H groups in total. The van der Waals surface area contributed by atoms with Gasteiger partial charge in [-0.2, -0.15) is 0 Å². The summed E-state index contributed by atoms with van der Waals surface area (Å²) in [6.07, 6.45) is 4.08. The van der Waals surface area contributed by atoms with E-state index in [1.807, 2.05) is 29.1 Å². The molecule has 0 unspecified atom stereocenters. The summed E-state index contributed by atoms with van der Waals surface area (Å²) in [5, 5.41) is 9.78. The predicted molar refractivity (Wildman–Crippen MR) is 105 cm³/mol. The normalized spacial score (nSPS) is 18.6. The SMILES string of the molecule is c1ccc(-c2cn(C3CN(Cc4cnc(N5CCOCC5)s4)C3)nn2)cc1. The summed E-state index contributed by atoms with van der Waals surface area (Å²) >= 11 is 1.80. The van der Waals surface area contributed by atoms with Crippen molar-refractivity contribution in [1.29, 1.82) is 0 Å². The van der Waals surface area contributed by atoms with Gasteiger partial charge in [0.1, 0.15) is 5.69 Å². The Hall–Kier alpha value is -2.29. The molecule has 0 bridgehead atoms. The van der Waals surface area contributed by atoms with Crippen molar-refractivity contribution in [2.24, 2.45) is 0 Å². The molecule has 140 valence electrons. The first-order valence-electron chi connectivity index (χ1n) is 9.32. The number of rotatable bonds is 5. The average molecular weight is 382 g/mol. The maximum atomic E-state index is 5.42. The van der Waals surface area contributed by atoms with Gasteiger partial charge in [0, 0.05) is 49.4 Å². The summed E-state index contributed by atoms with van der Waals surface area (Å²) in [6.45, 7) is 6.43. The number of hydrogen-bond acceptors (Lipinski definition) is 7. The lowest BCUT2D eigenvalue weighted by atomic mass is 10.1. The fourth-order valence-electron chi connectivity index (χ4n) is 3.53. The van der Waals surface area contributed by atoms with Gasteiger partial charge in [0.15, 0.2) is 5.13 Å². The van der Waals surface area contributed by atoms with Gasteiger partial charge in [0.2, 0.25) is 0 Å². The second kappa shape index (κ2) is 7.38. The molecule has 7 nitrogen and oxygen atoms in total. The minimum Gasteiger partial charge on any atom is -0.378 e. The van der Waals surface area contributed by atoms with Gasteiger partial charge in [0.25, 0.3) is 0 Å². The molecule has 5 rings (SSSR count). The predicted octanol–water partition coefficient (Wildman–Crippen LogP) is 2.30. The standard InChI is InChI=1S/C19H22N6OS/c1-2-4-15(5-3-1)18-14-25(22-21-18)16-11-23(12-16)13-17-10-20-19(27-17)24-6-8-26-9-7-24/h1-5,10,14,16H,6-9,11-13H2. The van der Waals surface area contributed by atoms with Crippen LogP contribution in [0.25, 0.3) is 11.3 Å². The molecule has 3 aromatic rings. The monoisotopic (exact) mass is 382 g/mol. The fraction of sp³-hybridized carbons (Fsp3) is 0.421. The molecular weight excluding hydrogens is 360 g/mol. The number of anilines is 1. The van der Waals surface area contributed by atoms with Crippen molar-refractivity contribution in [1.82, 2.24) is 24.9 Å². The topological polar surface area (TPSA) is 59.3 Å². The number of benzene rings is 1. The molecule has 0 radical (unpaired) electrons. The van der Waals surface area contributed by atoms with E-state index in [0.717, 1.165) is 62.3 Å². The van der Waals surface area contributed by atoms with Crippen molar-refractivity contribution in [3.05, 3.63) is 47.6 Å². The molecule has 1 aromatic carbocycles. The highest BCUT2D eigenvalue weighted by molar-refractivity contribution is 7.15. The van der Waals surface area contributed by atoms with Gasteiger partial charge < -0.3 is 9.64 Å². The van der Waals surface area contributed by atoms with Crippen LogP contribution >= 0.6 is 11.3 Å². The molecule has 27 heavy (non-hydrogen) atoms. The highest BCUT2D eigenvalue weighted by atomic mass is 32.1. The number of nitrogens with zero attached hydrogens (tertiary/aromatic N) is 6. The molecule has 2 fully saturated rings. The Balaban J connectivity index is 1.16. The average Bonchev–Trinajstić information content (AvgIpc) is 3.36. The van der Waals surface area contributed by atoms with E-state index in [1.54, 1.807) is 11.3 Å². The van der Waals surface area contributed by atoms with Crippen molar-refractivity contribution in [2.45, 2.75) is 12.6 Å². The molecule has 0 saturated carbocycles. The van der Waals surface area contributed by atoms with Gasteiger partial charge in [-0.25, -0.2) is 9.67 Å². The Morgan fingerprint density at radius 3 is 2.74 bits per heavy atom. The molecule has 0 atom stereocenters. The van der Waals surface area contributed by atoms with Gasteiger partial charge in [0.05, 0.1) is 25.5 Å². The van der Waals surface area contributed by atoms with Crippen LogP contribution in [0, 0.1) is 0 Å². The first kappa shape index (κ1) is 16.9. The zero-order valence-corrected chi connectivity index (χ0v) is 15.9. The zero-order chi connectivity index (χ0) is 18.1. The highest BCUT2D eigenvalue weighted by Gasteiger charge is 2.30. The van der Waals surface area contributed by atoms with Gasteiger partial charge in [-0.3, -0.25) is 4.90 Å². The molecule has 4 heterocycles. The molecule has 2 aliphatic heterocycles. The molecule has 0 spiro atoms. The first-order valence-corrected chi connectivity index (χ1v) is 10.1. The Labute approximate surface area is 162 Å². The van der Waals surface area contributed by atoms with Gasteiger partial charge >= 0.3 is 0 Å². The Kier molecular flexibility index (Phi) is 4.61. The third-order valence-corrected chi connectivity index (χ3v) is 6.14. The van der Waals surface area contributed by atoms with E-state index in [2.05, 4.69) is 43.4 Å². The zero-order valence-electron chi connectivity index (χ0n) is 15.1. The van der Waals surface area contributed by atoms with Crippen LogP contribution in [0.1, 0.15) is 10.9 Å². The van der Waals surface area contributed by atoms with Crippen LogP contribution in [-0.4, -0.2) is 64.3 Å². The summed E-state index contributed by atoms with van der Waals surface area (Å²) in [5.74, 6) is 0. The Bertz CT molecular complexity index is 883. The summed E-state index contributed by atoms with van der Waals surface area (Å²) < 4.78 is 7.42. The number of aromatic nitrogens is 4. The lowest BCUT2D eigenvalue weighted by Crippen LogP contribution is -2.47. The lowest BCUT2D eigenvalue weighted by molar-refractivity contribution is 0.0906. The van der Waals surface area contributed by atoms with E-state index in [-0.39, 0.29) is 0 Å². The quantitative estimate of drug-likeness (QED) is 0.675. The summed E-state index contributed by atoms with van der Waals surface area (Å²) in [6, 6.07) is 10.6. The molecule has 2 saturated heterocycles. The van der Waals surface area contributed by atoms with Crippen LogP contribution in [0.3, 0.4) is 0 Å². The number of likely N-dealkylation sites (tertiary alicyclic amines) is 1. The van der Waals surface area contributed by atoms with Crippen LogP contribution in [0.4, 0.5) is 5.13 Å². The van der Waals surface area contributed by atoms with E-state index in [0.29, 0.717) is 6.04 Å². The van der Waals surface area contributed by atoms with E-state index in [4.69, 9.17) is 4.74 Å². The van der Waals surface area contributed by atoms with Gasteiger partial charge in [-0.05, 0) is 0 Å². The number of hydrogen-bond donors (Lipinski definition) is 0. The van der Waals surface area contributed by atoms with Crippen LogP contribution in [0.15, 0.2) is 42.7 Å². The van der Waals surface area contributed by atoms with Crippen LogP contribution < -0.4 is 4.90 Å². The van der Waals surface area contributed by atoms with Crippen molar-refractivity contribution < 1.29 is 4.74 Å². The molecule has 2 aromatic heterocycles. The van der Waals surface area contributed by atoms with Crippen molar-refractivity contribution in [3.8, 4) is 11.3 Å². The van der Waals surface area contributed by atoms with Crippen LogP contribution in [0.5, 0.6) is 0 Å². The molecule has 8 heteroatoms. The third-order valence-electron chi connectivity index (χ3n) is 5.09. The highest BCUT2D eigenvalue weighted by Crippen LogP contribution is 2.28. The fourth-order valence-corrected chi connectivity index (χ4v) is 4.53. The number of thiazole rings is 1. The number of morpholine rings is 1. The van der Waals surface area contributed by atoms with E-state index in [9.17, 15) is 0 Å². The first-order chi connectivity index (χ1) is 13.3. The lowest BCUT2D eigenvalue weighted by Gasteiger charge is -2.38. The van der Waals surface area contributed by atoms with E-state index >= 15 is 0 Å².